The molecule has 0 saturated carbocycles. The quantitative estimate of drug-likeness (QED) is 0.917. The average molecular weight is 325 g/mol. The number of carboxylic acids is 1. The molecule has 0 spiro atoms. The van der Waals surface area contributed by atoms with Gasteiger partial charge in [-0.2, -0.15) is 5.10 Å². The van der Waals surface area contributed by atoms with Crippen LogP contribution in [0.25, 0.3) is 11.3 Å². The van der Waals surface area contributed by atoms with E-state index in [2.05, 4.69) is 21.0 Å². The molecule has 0 amide bonds. The summed E-state index contributed by atoms with van der Waals surface area (Å²) in [5, 5.41) is 12.9. The lowest BCUT2D eigenvalue weighted by atomic mass is 10.1. The number of ether oxygens (including phenoxy) is 2. The van der Waals surface area contributed by atoms with Crippen LogP contribution in [0.2, 0.25) is 0 Å². The molecule has 0 fully saturated rings. The lowest BCUT2D eigenvalue weighted by Crippen LogP contribution is -1.99. The maximum absolute atomic E-state index is 11.0. The highest BCUT2D eigenvalue weighted by atomic mass is 79.9. The van der Waals surface area contributed by atoms with Gasteiger partial charge in [-0.3, -0.25) is 4.68 Å². The Balaban J connectivity index is 2.20. The lowest BCUT2D eigenvalue weighted by Gasteiger charge is -2.06. The number of aryl methyl sites for hydroxylation is 1. The van der Waals surface area contributed by atoms with E-state index in [1.165, 1.54) is 10.7 Å². The van der Waals surface area contributed by atoms with E-state index in [0.29, 0.717) is 17.2 Å². The van der Waals surface area contributed by atoms with Crippen molar-refractivity contribution >= 4 is 21.9 Å². The first-order valence-corrected chi connectivity index (χ1v) is 6.22. The predicted molar refractivity (Wildman–Crippen MR) is 69.4 cm³/mol. The summed E-state index contributed by atoms with van der Waals surface area (Å²) in [6.07, 6.45) is 0. The van der Waals surface area contributed by atoms with Crippen LogP contribution in [0.3, 0.4) is 0 Å². The van der Waals surface area contributed by atoms with Crippen LogP contribution in [0.5, 0.6) is 11.5 Å². The minimum atomic E-state index is -1.06. The lowest BCUT2D eigenvalue weighted by molar-refractivity contribution is 0.0689. The summed E-state index contributed by atoms with van der Waals surface area (Å²) >= 11 is 3.39. The van der Waals surface area contributed by atoms with E-state index < -0.39 is 5.97 Å². The van der Waals surface area contributed by atoms with Crippen molar-refractivity contribution in [2.24, 2.45) is 7.05 Å². The summed E-state index contributed by atoms with van der Waals surface area (Å²) in [4.78, 5) is 11.0. The number of hydrogen-bond donors (Lipinski definition) is 1. The number of benzene rings is 1. The Kier molecular flexibility index (Phi) is 2.70. The van der Waals surface area contributed by atoms with E-state index in [1.807, 2.05) is 6.07 Å². The second kappa shape index (κ2) is 4.27. The van der Waals surface area contributed by atoms with Gasteiger partial charge in [0.15, 0.2) is 17.2 Å². The SMILES string of the molecule is Cn1nc(C(=O)O)cc1-c1cc(Br)cc2c1OCO2. The Morgan fingerprint density at radius 3 is 2.89 bits per heavy atom. The fraction of sp³-hybridized carbons (Fsp3) is 0.167. The number of halogens is 1. The van der Waals surface area contributed by atoms with Crippen molar-refractivity contribution in [2.75, 3.05) is 6.79 Å². The van der Waals surface area contributed by atoms with Crippen molar-refractivity contribution in [3.8, 4) is 22.8 Å². The molecule has 3 rings (SSSR count). The molecule has 0 aliphatic carbocycles. The first kappa shape index (κ1) is 12.0. The number of nitrogens with zero attached hydrogens (tertiary/aromatic N) is 2. The van der Waals surface area contributed by atoms with Crippen LogP contribution < -0.4 is 9.47 Å². The second-order valence-electron chi connectivity index (χ2n) is 4.03. The number of fused-ring (bicyclic) bond motifs is 1. The summed E-state index contributed by atoms with van der Waals surface area (Å²) in [5.74, 6) is 0.163. The van der Waals surface area contributed by atoms with E-state index in [4.69, 9.17) is 14.6 Å². The van der Waals surface area contributed by atoms with Crippen LogP contribution in [0.15, 0.2) is 22.7 Å². The van der Waals surface area contributed by atoms with E-state index in [-0.39, 0.29) is 12.5 Å². The molecule has 1 aromatic heterocycles. The van der Waals surface area contributed by atoms with Crippen molar-refractivity contribution in [2.45, 2.75) is 0 Å². The maximum Gasteiger partial charge on any atom is 0.356 e. The van der Waals surface area contributed by atoms with E-state index >= 15 is 0 Å². The zero-order valence-corrected chi connectivity index (χ0v) is 11.5. The van der Waals surface area contributed by atoms with Crippen LogP contribution in [-0.4, -0.2) is 27.6 Å². The van der Waals surface area contributed by atoms with Crippen LogP contribution in [0.1, 0.15) is 10.5 Å². The van der Waals surface area contributed by atoms with Crippen molar-refractivity contribution in [3.05, 3.63) is 28.4 Å². The summed E-state index contributed by atoms with van der Waals surface area (Å²) < 4.78 is 13.1. The second-order valence-corrected chi connectivity index (χ2v) is 4.95. The number of hydrogen-bond acceptors (Lipinski definition) is 4. The highest BCUT2D eigenvalue weighted by molar-refractivity contribution is 9.10. The predicted octanol–water partition coefficient (Wildman–Crippen LogP) is 2.28. The molecule has 0 atom stereocenters. The van der Waals surface area contributed by atoms with Crippen LogP contribution in [0.4, 0.5) is 0 Å². The third kappa shape index (κ3) is 1.95. The van der Waals surface area contributed by atoms with Gasteiger partial charge >= 0.3 is 5.97 Å². The Morgan fingerprint density at radius 2 is 2.21 bits per heavy atom. The number of rotatable bonds is 2. The molecule has 0 bridgehead atoms. The number of aromatic nitrogens is 2. The smallest absolute Gasteiger partial charge is 0.356 e. The molecule has 6 nitrogen and oxygen atoms in total. The standard InChI is InChI=1S/C12H9BrN2O4/c1-15-9(4-8(14-15)12(16)17)7-2-6(13)3-10-11(7)19-5-18-10/h2-4H,5H2,1H3,(H,16,17). The first-order valence-electron chi connectivity index (χ1n) is 5.43. The molecule has 7 heteroatoms. The monoisotopic (exact) mass is 324 g/mol. The average Bonchev–Trinajstić information content (AvgIpc) is 2.94. The molecule has 1 aliphatic heterocycles. The van der Waals surface area contributed by atoms with Crippen molar-refractivity contribution in [1.29, 1.82) is 0 Å². The van der Waals surface area contributed by atoms with E-state index in [9.17, 15) is 4.79 Å². The molecule has 2 heterocycles. The molecule has 0 radical (unpaired) electrons. The normalized spacial score (nSPS) is 12.7. The van der Waals surface area contributed by atoms with Crippen LogP contribution >= 0.6 is 15.9 Å². The molecule has 19 heavy (non-hydrogen) atoms. The van der Waals surface area contributed by atoms with Gasteiger partial charge in [0.05, 0.1) is 5.69 Å². The van der Waals surface area contributed by atoms with Gasteiger partial charge in [-0.15, -0.1) is 0 Å². The van der Waals surface area contributed by atoms with Gasteiger partial charge in [0.2, 0.25) is 6.79 Å². The summed E-state index contributed by atoms with van der Waals surface area (Å²) in [6, 6.07) is 5.16. The minimum absolute atomic E-state index is 0.00913. The third-order valence-electron chi connectivity index (χ3n) is 2.81. The topological polar surface area (TPSA) is 73.6 Å². The first-order chi connectivity index (χ1) is 9.06. The van der Waals surface area contributed by atoms with E-state index in [0.717, 1.165) is 10.0 Å². The van der Waals surface area contributed by atoms with Crippen molar-refractivity contribution in [1.82, 2.24) is 9.78 Å². The molecular weight excluding hydrogens is 316 g/mol. The minimum Gasteiger partial charge on any atom is -0.476 e. The van der Waals surface area contributed by atoms with Gasteiger partial charge in [0.1, 0.15) is 0 Å². The van der Waals surface area contributed by atoms with Gasteiger partial charge in [-0.1, -0.05) is 15.9 Å². The molecule has 98 valence electrons. The highest BCUT2D eigenvalue weighted by Crippen LogP contribution is 2.43. The molecule has 1 N–H and O–H groups in total. The molecule has 2 aromatic rings. The van der Waals surface area contributed by atoms with Crippen molar-refractivity contribution in [3.63, 3.8) is 0 Å². The fourth-order valence-electron chi connectivity index (χ4n) is 1.99. The Morgan fingerprint density at radius 1 is 1.42 bits per heavy atom. The summed E-state index contributed by atoms with van der Waals surface area (Å²) in [7, 11) is 1.69. The molecule has 0 saturated heterocycles. The van der Waals surface area contributed by atoms with Crippen molar-refractivity contribution < 1.29 is 19.4 Å². The molecule has 1 aromatic carbocycles. The molecular formula is C12H9BrN2O4. The number of carboxylic acid groups (broad SMARTS) is 1. The Bertz CT molecular complexity index is 681. The van der Waals surface area contributed by atoms with Crippen LogP contribution in [-0.2, 0) is 7.05 Å². The number of carbonyl (C=O) groups is 1. The van der Waals surface area contributed by atoms with Gasteiger partial charge in [-0.05, 0) is 18.2 Å². The van der Waals surface area contributed by atoms with Gasteiger partial charge < -0.3 is 14.6 Å². The molecule has 1 aliphatic rings. The Hall–Kier alpha value is -2.02. The van der Waals surface area contributed by atoms with Gasteiger partial charge in [-0.25, -0.2) is 4.79 Å². The fourth-order valence-corrected chi connectivity index (χ4v) is 2.43. The highest BCUT2D eigenvalue weighted by Gasteiger charge is 2.23. The Labute approximate surface area is 116 Å². The summed E-state index contributed by atoms with van der Waals surface area (Å²) in [5.41, 5.74) is 1.38. The zero-order valence-electron chi connectivity index (χ0n) is 9.88. The van der Waals surface area contributed by atoms with Gasteiger partial charge in [0, 0.05) is 17.1 Å². The van der Waals surface area contributed by atoms with E-state index in [1.54, 1.807) is 13.1 Å². The summed E-state index contributed by atoms with van der Waals surface area (Å²) in [6.45, 7) is 0.155. The maximum atomic E-state index is 11.0. The van der Waals surface area contributed by atoms with Gasteiger partial charge in [0.25, 0.3) is 0 Å². The zero-order chi connectivity index (χ0) is 13.6. The number of aromatic carboxylic acids is 1. The third-order valence-corrected chi connectivity index (χ3v) is 3.27. The van der Waals surface area contributed by atoms with Crippen LogP contribution in [0, 0.1) is 0 Å². The largest absolute Gasteiger partial charge is 0.476 e. The molecule has 0 unspecified atom stereocenters.